The maximum Gasteiger partial charge on any atom is 0.323 e. The molecule has 0 aromatic carbocycles. The van der Waals surface area contributed by atoms with Gasteiger partial charge in [-0.1, -0.05) is 26.0 Å². The molecule has 6 heteroatoms. The molecule has 0 aliphatic carbocycles. The van der Waals surface area contributed by atoms with E-state index in [-0.39, 0.29) is 0 Å². The Hall–Kier alpha value is -2.47. The fourth-order valence-electron chi connectivity index (χ4n) is 2.42. The Labute approximate surface area is 156 Å². The number of nitrogens with two attached hydrogens (primary N) is 1. The van der Waals surface area contributed by atoms with Gasteiger partial charge in [-0.25, -0.2) is 4.98 Å². The molecule has 0 aliphatic heterocycles. The average Bonchev–Trinajstić information content (AvgIpc) is 2.70. The zero-order valence-electron chi connectivity index (χ0n) is 16.2. The molecule has 0 spiro atoms. The number of hydrogen-bond acceptors (Lipinski definition) is 6. The van der Waals surface area contributed by atoms with Crippen LogP contribution in [0.3, 0.4) is 0 Å². The number of nitrogens with one attached hydrogen (secondary N) is 1. The highest BCUT2D eigenvalue weighted by molar-refractivity contribution is 5.75. The van der Waals surface area contributed by atoms with Crippen LogP contribution >= 0.6 is 0 Å². The monoisotopic (exact) mass is 358 g/mol. The number of esters is 1. The van der Waals surface area contributed by atoms with E-state index in [9.17, 15) is 4.79 Å². The maximum absolute atomic E-state index is 11.3. The minimum Gasteiger partial charge on any atom is -0.468 e. The van der Waals surface area contributed by atoms with Crippen molar-refractivity contribution >= 4 is 11.8 Å². The molecule has 2 heterocycles. The van der Waals surface area contributed by atoms with Crippen molar-refractivity contribution in [3.05, 3.63) is 53.5 Å². The summed E-state index contributed by atoms with van der Waals surface area (Å²) >= 11 is 0. The number of aromatic nitrogens is 2. The van der Waals surface area contributed by atoms with Crippen LogP contribution < -0.4 is 11.1 Å². The number of ether oxygens (including phenoxy) is 1. The smallest absolute Gasteiger partial charge is 0.323 e. The molecule has 0 radical (unpaired) electrons. The second-order valence-corrected chi connectivity index (χ2v) is 5.61. The van der Waals surface area contributed by atoms with Gasteiger partial charge in [0.2, 0.25) is 0 Å². The van der Waals surface area contributed by atoms with E-state index in [1.54, 1.807) is 0 Å². The number of aryl methyl sites for hydroxylation is 2. The lowest BCUT2D eigenvalue weighted by molar-refractivity contribution is -0.142. The van der Waals surface area contributed by atoms with E-state index in [1.165, 1.54) is 7.11 Å². The van der Waals surface area contributed by atoms with Crippen molar-refractivity contribution in [3.63, 3.8) is 0 Å². The highest BCUT2D eigenvalue weighted by Crippen LogP contribution is 2.10. The molecule has 0 saturated heterocycles. The lowest BCUT2D eigenvalue weighted by atomic mass is 10.1. The number of hydrogen-bond donors (Lipinski definition) is 2. The lowest BCUT2D eigenvalue weighted by Crippen LogP contribution is -2.33. The number of carbonyl (C=O) groups is 1. The molecule has 0 saturated carbocycles. The summed E-state index contributed by atoms with van der Waals surface area (Å²) in [4.78, 5) is 20.2. The minimum absolute atomic E-state index is 0.383. The molecule has 2 aromatic rings. The van der Waals surface area contributed by atoms with E-state index in [4.69, 9.17) is 5.73 Å². The van der Waals surface area contributed by atoms with Crippen molar-refractivity contribution in [1.82, 2.24) is 9.97 Å². The van der Waals surface area contributed by atoms with Gasteiger partial charge in [-0.15, -0.1) is 0 Å². The highest BCUT2D eigenvalue weighted by atomic mass is 16.5. The highest BCUT2D eigenvalue weighted by Gasteiger charge is 2.14. The summed E-state index contributed by atoms with van der Waals surface area (Å²) in [5.41, 5.74) is 8.77. The predicted molar refractivity (Wildman–Crippen MR) is 105 cm³/mol. The molecular weight excluding hydrogens is 328 g/mol. The van der Waals surface area contributed by atoms with Crippen molar-refractivity contribution in [2.24, 2.45) is 5.73 Å². The SMILES string of the molecule is CC.CNc1cccc(CCCc2ccc(CC(N)C(=O)OC)nc2)n1. The van der Waals surface area contributed by atoms with Gasteiger partial charge in [-0.05, 0) is 43.0 Å². The number of methoxy groups -OCH3 is 1. The summed E-state index contributed by atoms with van der Waals surface area (Å²) in [6, 6.07) is 9.28. The standard InChI is InChI=1S/C18H24N4O2.C2H6/c1-20-17-8-4-7-14(22-17)6-3-5-13-9-10-15(21-12-13)11-16(19)18(23)24-2;1-2/h4,7-10,12,16H,3,5-6,11,19H2,1-2H3,(H,20,22);1-2H3. The maximum atomic E-state index is 11.3. The number of carbonyl (C=O) groups excluding carboxylic acids is 1. The van der Waals surface area contributed by atoms with Crippen LogP contribution in [0.4, 0.5) is 5.82 Å². The van der Waals surface area contributed by atoms with Crippen LogP contribution in [0.15, 0.2) is 36.5 Å². The summed E-state index contributed by atoms with van der Waals surface area (Å²) in [5.74, 6) is 0.470. The third-order valence-corrected chi connectivity index (χ3v) is 3.78. The molecule has 1 atom stereocenters. The molecular formula is C20H30N4O2. The van der Waals surface area contributed by atoms with Gasteiger partial charge < -0.3 is 15.8 Å². The van der Waals surface area contributed by atoms with Crippen LogP contribution in [0, 0.1) is 0 Å². The van der Waals surface area contributed by atoms with Crippen LogP contribution in [-0.4, -0.2) is 36.1 Å². The van der Waals surface area contributed by atoms with Crippen LogP contribution in [0.1, 0.15) is 37.2 Å². The van der Waals surface area contributed by atoms with Crippen molar-refractivity contribution in [3.8, 4) is 0 Å². The zero-order chi connectivity index (χ0) is 19.4. The van der Waals surface area contributed by atoms with E-state index >= 15 is 0 Å². The fraction of sp³-hybridized carbons (Fsp3) is 0.450. The Morgan fingerprint density at radius 3 is 2.58 bits per heavy atom. The van der Waals surface area contributed by atoms with Gasteiger partial charge in [0.1, 0.15) is 11.9 Å². The lowest BCUT2D eigenvalue weighted by Gasteiger charge is -2.09. The summed E-state index contributed by atoms with van der Waals surface area (Å²) in [6.45, 7) is 4.00. The van der Waals surface area contributed by atoms with Gasteiger partial charge in [0.15, 0.2) is 0 Å². The first-order valence-corrected chi connectivity index (χ1v) is 9.03. The van der Waals surface area contributed by atoms with Crippen LogP contribution in [0.25, 0.3) is 0 Å². The molecule has 0 aliphatic rings. The Morgan fingerprint density at radius 1 is 1.19 bits per heavy atom. The Kier molecular flexibility index (Phi) is 9.94. The summed E-state index contributed by atoms with van der Waals surface area (Å²) < 4.78 is 4.62. The molecule has 1 unspecified atom stereocenters. The molecule has 0 bridgehead atoms. The van der Waals surface area contributed by atoms with Crippen LogP contribution in [-0.2, 0) is 28.8 Å². The number of nitrogens with zero attached hydrogens (tertiary/aromatic N) is 2. The largest absolute Gasteiger partial charge is 0.468 e. The van der Waals surface area contributed by atoms with Gasteiger partial charge in [0.25, 0.3) is 0 Å². The normalized spacial score (nSPS) is 11.1. The van der Waals surface area contributed by atoms with Gasteiger partial charge in [0.05, 0.1) is 7.11 Å². The molecule has 0 amide bonds. The molecule has 3 N–H and O–H groups in total. The van der Waals surface area contributed by atoms with Crippen molar-refractivity contribution < 1.29 is 9.53 Å². The summed E-state index contributed by atoms with van der Waals surface area (Å²) in [7, 11) is 3.20. The van der Waals surface area contributed by atoms with Crippen molar-refractivity contribution in [2.75, 3.05) is 19.5 Å². The first kappa shape index (κ1) is 21.6. The predicted octanol–water partition coefficient (Wildman–Crippen LogP) is 2.76. The van der Waals surface area contributed by atoms with Crippen LogP contribution in [0.5, 0.6) is 0 Å². The van der Waals surface area contributed by atoms with Gasteiger partial charge in [-0.2, -0.15) is 0 Å². The minimum atomic E-state index is -0.668. The zero-order valence-corrected chi connectivity index (χ0v) is 16.2. The quantitative estimate of drug-likeness (QED) is 0.705. The molecule has 142 valence electrons. The Balaban J connectivity index is 0.00000163. The second-order valence-electron chi connectivity index (χ2n) is 5.61. The van der Waals surface area contributed by atoms with Gasteiger partial charge >= 0.3 is 5.97 Å². The van der Waals surface area contributed by atoms with E-state index in [1.807, 2.05) is 57.4 Å². The van der Waals surface area contributed by atoms with Crippen molar-refractivity contribution in [1.29, 1.82) is 0 Å². The topological polar surface area (TPSA) is 90.1 Å². The van der Waals surface area contributed by atoms with E-state index in [0.717, 1.165) is 42.0 Å². The Bertz CT molecular complexity index is 659. The first-order chi connectivity index (χ1) is 12.6. The van der Waals surface area contributed by atoms with Gasteiger partial charge in [-0.3, -0.25) is 9.78 Å². The Morgan fingerprint density at radius 2 is 1.96 bits per heavy atom. The average molecular weight is 358 g/mol. The first-order valence-electron chi connectivity index (χ1n) is 9.03. The molecule has 26 heavy (non-hydrogen) atoms. The van der Waals surface area contributed by atoms with E-state index < -0.39 is 12.0 Å². The van der Waals surface area contributed by atoms with E-state index in [0.29, 0.717) is 6.42 Å². The third kappa shape index (κ3) is 7.19. The summed E-state index contributed by atoms with van der Waals surface area (Å²) in [5, 5.41) is 3.05. The van der Waals surface area contributed by atoms with Crippen LogP contribution in [0.2, 0.25) is 0 Å². The van der Waals surface area contributed by atoms with E-state index in [2.05, 4.69) is 20.0 Å². The number of anilines is 1. The molecule has 2 aromatic heterocycles. The molecule has 2 rings (SSSR count). The van der Waals surface area contributed by atoms with Crippen molar-refractivity contribution in [2.45, 2.75) is 45.6 Å². The summed E-state index contributed by atoms with van der Waals surface area (Å²) in [6.07, 6.45) is 5.08. The fourth-order valence-corrected chi connectivity index (χ4v) is 2.42. The van der Waals surface area contributed by atoms with Gasteiger partial charge in [0, 0.05) is 31.1 Å². The molecule has 0 fully saturated rings. The number of pyridine rings is 2. The second kappa shape index (κ2) is 12.0. The molecule has 6 nitrogen and oxygen atoms in total. The number of rotatable bonds is 8. The third-order valence-electron chi connectivity index (χ3n) is 3.78.